The van der Waals surface area contributed by atoms with Gasteiger partial charge in [0, 0.05) is 17.1 Å². The van der Waals surface area contributed by atoms with Gasteiger partial charge in [0.15, 0.2) is 0 Å². The predicted octanol–water partition coefficient (Wildman–Crippen LogP) is 6.02. The smallest absolute Gasteiger partial charge is 0.255 e. The van der Waals surface area contributed by atoms with Gasteiger partial charge in [-0.25, -0.2) is 21.9 Å². The molecule has 3 aromatic rings. The summed E-state index contributed by atoms with van der Waals surface area (Å²) in [4.78, 5) is 3.07. The van der Waals surface area contributed by atoms with Crippen LogP contribution in [0.4, 0.5) is 8.78 Å². The first-order valence-corrected chi connectivity index (χ1v) is 15.3. The molecule has 0 aliphatic rings. The van der Waals surface area contributed by atoms with E-state index < -0.39 is 30.8 Å². The highest BCUT2D eigenvalue weighted by Crippen LogP contribution is 2.40. The van der Waals surface area contributed by atoms with E-state index >= 15 is 0 Å². The molecule has 9 heteroatoms. The number of aromatic nitrogens is 1. The van der Waals surface area contributed by atoms with Crippen molar-refractivity contribution in [1.82, 2.24) is 9.71 Å². The number of benzene rings is 2. The summed E-state index contributed by atoms with van der Waals surface area (Å²) in [5.74, 6) is 0.629. The Kier molecular flexibility index (Phi) is 7.07. The van der Waals surface area contributed by atoms with Gasteiger partial charge in [0.05, 0.1) is 10.9 Å². The van der Waals surface area contributed by atoms with Crippen LogP contribution in [0.25, 0.3) is 10.9 Å². The fraction of sp³-hybridized carbons (Fsp3) is 0.417. The molecule has 0 radical (unpaired) electrons. The van der Waals surface area contributed by atoms with Gasteiger partial charge in [0.25, 0.3) is 14.7 Å². The molecule has 3 rings (SSSR count). The number of sulfonamides is 1. The highest BCUT2D eigenvalue weighted by molar-refractivity contribution is 7.89. The molecule has 1 aromatic heterocycles. The van der Waals surface area contributed by atoms with Crippen molar-refractivity contribution >= 4 is 29.2 Å². The fourth-order valence-electron chi connectivity index (χ4n) is 3.30. The lowest BCUT2D eigenvalue weighted by molar-refractivity contribution is 0.109. The molecule has 0 fully saturated rings. The lowest BCUT2D eigenvalue weighted by atomic mass is 10.1. The van der Waals surface area contributed by atoms with Crippen molar-refractivity contribution < 1.29 is 21.6 Å². The maximum absolute atomic E-state index is 14.0. The van der Waals surface area contributed by atoms with E-state index in [0.29, 0.717) is 16.7 Å². The number of rotatable bonds is 8. The molecule has 33 heavy (non-hydrogen) atoms. The SMILES string of the molecule is Cc1ccc(S(=O)(=O)NC(Cc2c[nH]c3cccc(O[Si](C)(C)C(C)(C)C)c23)C(F)F)cc1. The number of aryl methyl sites for hydroxylation is 1. The first-order valence-electron chi connectivity index (χ1n) is 10.9. The van der Waals surface area contributed by atoms with Crippen LogP contribution >= 0.6 is 0 Å². The number of aromatic amines is 1. The summed E-state index contributed by atoms with van der Waals surface area (Å²) in [6.45, 7) is 12.5. The number of halogens is 2. The average Bonchev–Trinajstić information content (AvgIpc) is 3.10. The van der Waals surface area contributed by atoms with E-state index in [-0.39, 0.29) is 16.4 Å². The third kappa shape index (κ3) is 5.64. The van der Waals surface area contributed by atoms with Crippen LogP contribution in [-0.2, 0) is 16.4 Å². The van der Waals surface area contributed by atoms with Gasteiger partial charge in [-0.2, -0.15) is 0 Å². The summed E-state index contributed by atoms with van der Waals surface area (Å²) in [5.41, 5.74) is 2.22. The van der Waals surface area contributed by atoms with E-state index in [9.17, 15) is 17.2 Å². The Morgan fingerprint density at radius 1 is 1.09 bits per heavy atom. The molecule has 0 saturated heterocycles. The third-order valence-electron chi connectivity index (χ3n) is 6.30. The topological polar surface area (TPSA) is 71.2 Å². The Labute approximate surface area is 195 Å². The number of hydrogen-bond donors (Lipinski definition) is 2. The minimum absolute atomic E-state index is 0.0409. The van der Waals surface area contributed by atoms with Gasteiger partial charge in [-0.1, -0.05) is 44.5 Å². The van der Waals surface area contributed by atoms with Gasteiger partial charge in [-0.15, -0.1) is 0 Å². The summed E-state index contributed by atoms with van der Waals surface area (Å²) in [6, 6.07) is 10.1. The summed E-state index contributed by atoms with van der Waals surface area (Å²) in [5, 5.41) is 0.670. The molecule has 1 atom stereocenters. The van der Waals surface area contributed by atoms with Crippen molar-refractivity contribution in [3.63, 3.8) is 0 Å². The first kappa shape index (κ1) is 25.4. The largest absolute Gasteiger partial charge is 0.543 e. The van der Waals surface area contributed by atoms with Crippen LogP contribution in [0.15, 0.2) is 53.6 Å². The second-order valence-electron chi connectivity index (χ2n) is 9.93. The molecule has 2 aromatic carbocycles. The van der Waals surface area contributed by atoms with Gasteiger partial charge in [-0.05, 0) is 61.3 Å². The monoisotopic (exact) mass is 494 g/mol. The van der Waals surface area contributed by atoms with Crippen LogP contribution < -0.4 is 9.15 Å². The van der Waals surface area contributed by atoms with E-state index in [2.05, 4.69) is 43.6 Å². The van der Waals surface area contributed by atoms with Crippen molar-refractivity contribution in [2.24, 2.45) is 0 Å². The highest BCUT2D eigenvalue weighted by atomic mass is 32.2. The highest BCUT2D eigenvalue weighted by Gasteiger charge is 2.39. The molecule has 180 valence electrons. The van der Waals surface area contributed by atoms with E-state index in [4.69, 9.17) is 4.43 Å². The zero-order chi connectivity index (χ0) is 24.6. The quantitative estimate of drug-likeness (QED) is 0.377. The second-order valence-corrected chi connectivity index (χ2v) is 16.4. The number of hydrogen-bond acceptors (Lipinski definition) is 3. The van der Waals surface area contributed by atoms with Crippen LogP contribution in [0, 0.1) is 6.92 Å². The lowest BCUT2D eigenvalue weighted by Crippen LogP contribution is -2.44. The van der Waals surface area contributed by atoms with Crippen LogP contribution in [0.3, 0.4) is 0 Å². The Balaban J connectivity index is 1.94. The molecule has 0 amide bonds. The van der Waals surface area contributed by atoms with Crippen LogP contribution in [0.2, 0.25) is 18.1 Å². The maximum Gasteiger partial charge on any atom is 0.255 e. The van der Waals surface area contributed by atoms with Gasteiger partial charge < -0.3 is 9.41 Å². The maximum atomic E-state index is 14.0. The lowest BCUT2D eigenvalue weighted by Gasteiger charge is -2.36. The summed E-state index contributed by atoms with van der Waals surface area (Å²) in [7, 11) is -6.28. The van der Waals surface area contributed by atoms with Crippen molar-refractivity contribution in [2.75, 3.05) is 0 Å². The van der Waals surface area contributed by atoms with E-state index in [0.717, 1.165) is 11.1 Å². The van der Waals surface area contributed by atoms with Crippen molar-refractivity contribution in [3.05, 3.63) is 59.8 Å². The minimum atomic E-state index is -4.10. The Morgan fingerprint density at radius 3 is 2.30 bits per heavy atom. The minimum Gasteiger partial charge on any atom is -0.543 e. The number of H-pyrrole nitrogens is 1. The van der Waals surface area contributed by atoms with Gasteiger partial charge in [0.2, 0.25) is 10.0 Å². The Bertz CT molecular complexity index is 1220. The summed E-state index contributed by atoms with van der Waals surface area (Å²) in [6.07, 6.45) is -1.41. The number of nitrogens with one attached hydrogen (secondary N) is 2. The van der Waals surface area contributed by atoms with E-state index in [1.807, 2.05) is 25.1 Å². The molecular formula is C24H32F2N2O3SSi. The van der Waals surface area contributed by atoms with Crippen LogP contribution in [-0.4, -0.2) is 34.2 Å². The van der Waals surface area contributed by atoms with Crippen molar-refractivity contribution in [1.29, 1.82) is 0 Å². The zero-order valence-corrected chi connectivity index (χ0v) is 21.7. The summed E-state index contributed by atoms with van der Waals surface area (Å²) < 4.78 is 62.1. The van der Waals surface area contributed by atoms with E-state index in [1.165, 1.54) is 12.1 Å². The molecule has 0 aliphatic carbocycles. The Morgan fingerprint density at radius 2 is 1.73 bits per heavy atom. The van der Waals surface area contributed by atoms with Crippen LogP contribution in [0.1, 0.15) is 31.9 Å². The average molecular weight is 495 g/mol. The third-order valence-corrected chi connectivity index (χ3v) is 12.2. The van der Waals surface area contributed by atoms with Gasteiger partial charge in [0.1, 0.15) is 5.75 Å². The molecule has 0 aliphatic heterocycles. The van der Waals surface area contributed by atoms with Crippen molar-refractivity contribution in [3.8, 4) is 5.75 Å². The molecular weight excluding hydrogens is 462 g/mol. The normalized spacial score (nSPS) is 14.1. The Hall–Kier alpha value is -2.23. The standard InChI is InChI=1S/C24H32F2N2O3SSi/c1-16-10-12-18(13-11-16)32(29,30)28-20(23(25)26)14-17-15-27-19-8-7-9-21(22(17)19)31-33(5,6)24(2,3)4/h7-13,15,20,23,27-28H,14H2,1-6H3. The van der Waals surface area contributed by atoms with E-state index in [1.54, 1.807) is 18.3 Å². The zero-order valence-electron chi connectivity index (χ0n) is 19.9. The molecule has 1 unspecified atom stereocenters. The fourth-order valence-corrected chi connectivity index (χ4v) is 5.54. The molecule has 0 spiro atoms. The molecule has 1 heterocycles. The first-order chi connectivity index (χ1) is 15.2. The van der Waals surface area contributed by atoms with Crippen LogP contribution in [0.5, 0.6) is 5.75 Å². The summed E-state index contributed by atoms with van der Waals surface area (Å²) >= 11 is 0. The molecule has 2 N–H and O–H groups in total. The van der Waals surface area contributed by atoms with Gasteiger partial charge in [-0.3, -0.25) is 0 Å². The molecule has 5 nitrogen and oxygen atoms in total. The second kappa shape index (κ2) is 9.19. The number of alkyl halides is 2. The number of fused-ring (bicyclic) bond motifs is 1. The van der Waals surface area contributed by atoms with Gasteiger partial charge >= 0.3 is 0 Å². The molecule has 0 saturated carbocycles. The predicted molar refractivity (Wildman–Crippen MR) is 131 cm³/mol. The van der Waals surface area contributed by atoms with Crippen molar-refractivity contribution in [2.45, 2.75) is 69.6 Å². The molecule has 0 bridgehead atoms.